The third-order valence-electron chi connectivity index (χ3n) is 4.96. The molecule has 1 N–H and O–H groups in total. The number of carbonyl (C=O) groups is 1. The Balaban J connectivity index is 1.56. The molecule has 28 heavy (non-hydrogen) atoms. The second kappa shape index (κ2) is 8.31. The lowest BCUT2D eigenvalue weighted by molar-refractivity contribution is 0.0117. The first kappa shape index (κ1) is 18.9. The lowest BCUT2D eigenvalue weighted by atomic mass is 10.1. The first-order valence-electron chi connectivity index (χ1n) is 9.33. The van der Waals surface area contributed by atoms with Crippen molar-refractivity contribution in [1.82, 2.24) is 15.2 Å². The van der Waals surface area contributed by atoms with Crippen LogP contribution in [0.3, 0.4) is 0 Å². The number of ether oxygens (including phenoxy) is 1. The van der Waals surface area contributed by atoms with E-state index in [0.717, 1.165) is 30.0 Å². The molecular weight excluding hydrogens is 378 g/mol. The average Bonchev–Trinajstić information content (AvgIpc) is 3.14. The Morgan fingerprint density at radius 3 is 2.79 bits per heavy atom. The fraction of sp³-hybridized carbons (Fsp3) is 0.333. The Morgan fingerprint density at radius 1 is 1.25 bits per heavy atom. The van der Waals surface area contributed by atoms with Crippen LogP contribution in [0.5, 0.6) is 0 Å². The highest BCUT2D eigenvalue weighted by molar-refractivity contribution is 6.30. The summed E-state index contributed by atoms with van der Waals surface area (Å²) in [6.07, 6.45) is 0. The van der Waals surface area contributed by atoms with Crippen LogP contribution in [0.1, 0.15) is 27.9 Å². The van der Waals surface area contributed by atoms with Crippen molar-refractivity contribution >= 4 is 28.4 Å². The number of halogens is 1. The number of carbonyl (C=O) groups excluding carboxylic acids is 1. The highest BCUT2D eigenvalue weighted by atomic mass is 35.5. The molecule has 1 saturated heterocycles. The minimum atomic E-state index is -0.179. The molecule has 2 aromatic heterocycles. The van der Waals surface area contributed by atoms with E-state index in [9.17, 15) is 4.79 Å². The molecule has 4 rings (SSSR count). The van der Waals surface area contributed by atoms with E-state index in [1.807, 2.05) is 43.3 Å². The number of nitrogens with zero attached hydrogens (tertiary/aromatic N) is 2. The van der Waals surface area contributed by atoms with Crippen LogP contribution in [0, 0.1) is 6.92 Å². The van der Waals surface area contributed by atoms with Crippen molar-refractivity contribution in [2.75, 3.05) is 32.8 Å². The highest BCUT2D eigenvalue weighted by Crippen LogP contribution is 2.24. The molecule has 1 aromatic carbocycles. The van der Waals surface area contributed by atoms with E-state index in [2.05, 4.69) is 15.2 Å². The van der Waals surface area contributed by atoms with Crippen LogP contribution in [-0.2, 0) is 4.74 Å². The van der Waals surface area contributed by atoms with E-state index in [0.29, 0.717) is 36.0 Å². The van der Waals surface area contributed by atoms with Gasteiger partial charge in [-0.15, -0.1) is 0 Å². The van der Waals surface area contributed by atoms with E-state index >= 15 is 0 Å². The summed E-state index contributed by atoms with van der Waals surface area (Å²) in [5.41, 5.74) is 1.22. The molecular formula is C21H22ClN3O3. The first-order valence-corrected chi connectivity index (χ1v) is 9.71. The van der Waals surface area contributed by atoms with Crippen molar-refractivity contribution < 1.29 is 13.9 Å². The summed E-state index contributed by atoms with van der Waals surface area (Å²) < 4.78 is 11.3. The van der Waals surface area contributed by atoms with Crippen LogP contribution in [0.4, 0.5) is 0 Å². The monoisotopic (exact) mass is 399 g/mol. The molecule has 0 radical (unpaired) electrons. The van der Waals surface area contributed by atoms with E-state index in [4.69, 9.17) is 20.8 Å². The minimum absolute atomic E-state index is 0.0508. The van der Waals surface area contributed by atoms with Gasteiger partial charge in [0.2, 0.25) is 0 Å². The molecule has 7 heteroatoms. The number of benzene rings is 1. The first-order chi connectivity index (χ1) is 13.6. The van der Waals surface area contributed by atoms with Crippen molar-refractivity contribution in [1.29, 1.82) is 0 Å². The summed E-state index contributed by atoms with van der Waals surface area (Å²) in [5, 5.41) is 4.14. The van der Waals surface area contributed by atoms with E-state index in [-0.39, 0.29) is 11.9 Å². The minimum Gasteiger partial charge on any atom is -0.465 e. The van der Waals surface area contributed by atoms with Crippen LogP contribution in [0.15, 0.2) is 46.9 Å². The van der Waals surface area contributed by atoms with E-state index in [1.165, 1.54) is 0 Å². The molecule has 0 bridgehead atoms. The number of aromatic nitrogens is 1. The second-order valence-corrected chi connectivity index (χ2v) is 7.22. The highest BCUT2D eigenvalue weighted by Gasteiger charge is 2.26. The van der Waals surface area contributed by atoms with Crippen LogP contribution < -0.4 is 5.32 Å². The van der Waals surface area contributed by atoms with Gasteiger partial charge < -0.3 is 14.5 Å². The molecule has 3 aromatic rings. The van der Waals surface area contributed by atoms with Gasteiger partial charge in [0.1, 0.15) is 16.7 Å². The molecule has 146 valence electrons. The third-order valence-corrected chi connectivity index (χ3v) is 5.16. The van der Waals surface area contributed by atoms with Gasteiger partial charge in [0.15, 0.2) is 0 Å². The molecule has 1 aliphatic rings. The third kappa shape index (κ3) is 4.04. The van der Waals surface area contributed by atoms with Crippen LogP contribution in [0.2, 0.25) is 5.15 Å². The predicted octanol–water partition coefficient (Wildman–Crippen LogP) is 3.59. The van der Waals surface area contributed by atoms with Gasteiger partial charge in [0.25, 0.3) is 5.91 Å². The van der Waals surface area contributed by atoms with Gasteiger partial charge >= 0.3 is 0 Å². The zero-order valence-electron chi connectivity index (χ0n) is 15.7. The molecule has 3 heterocycles. The molecule has 1 fully saturated rings. The van der Waals surface area contributed by atoms with Gasteiger partial charge in [-0.25, -0.2) is 4.98 Å². The number of nitrogens with one attached hydrogen (secondary N) is 1. The SMILES string of the molecule is Cc1ccc(C(CNC(=O)c2cc(Cl)nc3ccccc23)N2CCOCC2)o1. The topological polar surface area (TPSA) is 67.6 Å². The smallest absolute Gasteiger partial charge is 0.252 e. The fourth-order valence-corrected chi connectivity index (χ4v) is 3.75. The molecule has 1 amide bonds. The average molecular weight is 400 g/mol. The predicted molar refractivity (Wildman–Crippen MR) is 108 cm³/mol. The lowest BCUT2D eigenvalue weighted by Crippen LogP contribution is -2.43. The number of para-hydroxylation sites is 1. The van der Waals surface area contributed by atoms with Crippen LogP contribution >= 0.6 is 11.6 Å². The Labute approximate surface area is 168 Å². The number of amides is 1. The largest absolute Gasteiger partial charge is 0.465 e. The zero-order chi connectivity index (χ0) is 19.5. The van der Waals surface area contributed by atoms with E-state index < -0.39 is 0 Å². The molecule has 1 unspecified atom stereocenters. The zero-order valence-corrected chi connectivity index (χ0v) is 16.4. The van der Waals surface area contributed by atoms with Gasteiger partial charge in [-0.1, -0.05) is 29.8 Å². The number of fused-ring (bicyclic) bond motifs is 1. The summed E-state index contributed by atoms with van der Waals surface area (Å²) in [7, 11) is 0. The summed E-state index contributed by atoms with van der Waals surface area (Å²) >= 11 is 6.12. The number of hydrogen-bond donors (Lipinski definition) is 1. The molecule has 0 saturated carbocycles. The Kier molecular flexibility index (Phi) is 5.62. The normalized spacial score (nSPS) is 16.2. The van der Waals surface area contributed by atoms with Crippen molar-refractivity contribution in [3.8, 4) is 0 Å². The maximum Gasteiger partial charge on any atom is 0.252 e. The number of hydrogen-bond acceptors (Lipinski definition) is 5. The number of morpholine rings is 1. The summed E-state index contributed by atoms with van der Waals surface area (Å²) in [5.74, 6) is 1.52. The quantitative estimate of drug-likeness (QED) is 0.664. The maximum atomic E-state index is 13.0. The Bertz CT molecular complexity index is 982. The molecule has 6 nitrogen and oxygen atoms in total. The summed E-state index contributed by atoms with van der Waals surface area (Å²) in [4.78, 5) is 19.5. The van der Waals surface area contributed by atoms with Gasteiger partial charge in [-0.05, 0) is 31.2 Å². The van der Waals surface area contributed by atoms with Crippen molar-refractivity contribution in [3.63, 3.8) is 0 Å². The lowest BCUT2D eigenvalue weighted by Gasteiger charge is -2.33. The second-order valence-electron chi connectivity index (χ2n) is 6.83. The van der Waals surface area contributed by atoms with Gasteiger partial charge in [-0.3, -0.25) is 9.69 Å². The number of pyridine rings is 1. The fourth-order valence-electron chi connectivity index (χ4n) is 3.55. The molecule has 1 atom stereocenters. The van der Waals surface area contributed by atoms with Crippen LogP contribution in [-0.4, -0.2) is 48.6 Å². The van der Waals surface area contributed by atoms with Crippen molar-refractivity contribution in [2.45, 2.75) is 13.0 Å². The van der Waals surface area contributed by atoms with Crippen molar-refractivity contribution in [3.05, 3.63) is 64.7 Å². The summed E-state index contributed by atoms with van der Waals surface area (Å²) in [6.45, 7) is 5.29. The standard InChI is InChI=1S/C21H22ClN3O3/c1-14-6-7-19(28-14)18(25-8-10-27-11-9-25)13-23-21(26)16-12-20(22)24-17-5-3-2-4-15(16)17/h2-7,12,18H,8-11,13H2,1H3,(H,23,26). The Morgan fingerprint density at radius 2 is 2.04 bits per heavy atom. The number of aryl methyl sites for hydroxylation is 1. The summed E-state index contributed by atoms with van der Waals surface area (Å²) in [6, 6.07) is 13.0. The van der Waals surface area contributed by atoms with Gasteiger partial charge in [-0.2, -0.15) is 0 Å². The van der Waals surface area contributed by atoms with Gasteiger partial charge in [0.05, 0.1) is 30.3 Å². The number of furan rings is 1. The molecule has 1 aliphatic heterocycles. The number of rotatable bonds is 5. The maximum absolute atomic E-state index is 13.0. The molecule has 0 aliphatic carbocycles. The van der Waals surface area contributed by atoms with Crippen molar-refractivity contribution in [2.24, 2.45) is 0 Å². The van der Waals surface area contributed by atoms with Gasteiger partial charge in [0, 0.05) is 25.0 Å². The Hall–Kier alpha value is -2.41. The molecule has 0 spiro atoms. The van der Waals surface area contributed by atoms with E-state index in [1.54, 1.807) is 6.07 Å². The van der Waals surface area contributed by atoms with Crippen LogP contribution in [0.25, 0.3) is 10.9 Å².